The average Bonchev–Trinajstić information content (AvgIpc) is 2.49. The molecule has 3 heterocycles. The Morgan fingerprint density at radius 3 is 2.47 bits per heavy atom. The third kappa shape index (κ3) is 2.74. The third-order valence-corrected chi connectivity index (χ3v) is 4.47. The second-order valence-electron chi connectivity index (χ2n) is 5.61. The highest BCUT2D eigenvalue weighted by Gasteiger charge is 2.37. The summed E-state index contributed by atoms with van der Waals surface area (Å²) < 4.78 is 19.5. The Bertz CT molecular complexity index is 415. The third-order valence-electron chi connectivity index (χ3n) is 4.47. The lowest BCUT2D eigenvalue weighted by Crippen LogP contribution is -2.55. The number of hydrogen-bond donors (Lipinski definition) is 0. The molecule has 3 nitrogen and oxygen atoms in total. The van der Waals surface area contributed by atoms with Crippen LogP contribution in [0.5, 0.6) is 5.75 Å². The smallest absolute Gasteiger partial charge is 0.118 e. The number of benzene rings is 1. The Morgan fingerprint density at radius 2 is 1.95 bits per heavy atom. The van der Waals surface area contributed by atoms with Gasteiger partial charge < -0.3 is 9.64 Å². The van der Waals surface area contributed by atoms with Crippen LogP contribution in [-0.4, -0.2) is 42.8 Å². The first kappa shape index (κ1) is 12.9. The van der Waals surface area contributed by atoms with E-state index in [4.69, 9.17) is 4.74 Å². The van der Waals surface area contributed by atoms with Crippen molar-refractivity contribution in [1.29, 1.82) is 0 Å². The van der Waals surface area contributed by atoms with Gasteiger partial charge in [-0.05, 0) is 49.5 Å². The quantitative estimate of drug-likeness (QED) is 0.777. The van der Waals surface area contributed by atoms with E-state index in [1.165, 1.54) is 0 Å². The van der Waals surface area contributed by atoms with Gasteiger partial charge in [0, 0.05) is 6.54 Å². The number of methoxy groups -OCH3 is 1. The summed E-state index contributed by atoms with van der Waals surface area (Å²) in [6, 6.07) is 7.73. The summed E-state index contributed by atoms with van der Waals surface area (Å²) in [6.45, 7) is 3.56. The zero-order valence-electron chi connectivity index (χ0n) is 11.4. The molecule has 1 aromatic carbocycles. The molecule has 3 saturated heterocycles. The van der Waals surface area contributed by atoms with Crippen molar-refractivity contribution in [2.45, 2.75) is 25.4 Å². The molecule has 1 aromatic rings. The molecule has 2 bridgehead atoms. The Labute approximate surface area is 113 Å². The molecule has 1 unspecified atom stereocenters. The maximum Gasteiger partial charge on any atom is 0.118 e. The standard InChI is InChI=1S/C15H21FN2O/c1-19-14-4-2-12(3-5-14)10-18(16)15-11-17-8-6-13(15)7-9-17/h2-5,13,15H,6-11H2,1H3. The number of piperidine rings is 3. The first-order valence-corrected chi connectivity index (χ1v) is 7.04. The molecule has 4 rings (SSSR count). The number of hydrogen-bond acceptors (Lipinski definition) is 3. The monoisotopic (exact) mass is 264 g/mol. The summed E-state index contributed by atoms with van der Waals surface area (Å²) in [5, 5.41) is 1.04. The lowest BCUT2D eigenvalue weighted by molar-refractivity contribution is -0.102. The van der Waals surface area contributed by atoms with Crippen LogP contribution >= 0.6 is 0 Å². The van der Waals surface area contributed by atoms with Gasteiger partial charge in [-0.25, -0.2) is 0 Å². The van der Waals surface area contributed by atoms with Crippen LogP contribution < -0.4 is 4.74 Å². The summed E-state index contributed by atoms with van der Waals surface area (Å²) >= 11 is 0. The van der Waals surface area contributed by atoms with Gasteiger partial charge in [-0.1, -0.05) is 12.1 Å². The predicted molar refractivity (Wildman–Crippen MR) is 72.6 cm³/mol. The second-order valence-corrected chi connectivity index (χ2v) is 5.61. The molecule has 0 N–H and O–H groups in total. The van der Waals surface area contributed by atoms with Gasteiger partial charge in [0.2, 0.25) is 0 Å². The fraction of sp³-hybridized carbons (Fsp3) is 0.600. The number of nitrogens with zero attached hydrogens (tertiary/aromatic N) is 2. The molecular formula is C15H21FN2O. The summed E-state index contributed by atoms with van der Waals surface area (Å²) in [6.07, 6.45) is 2.29. The van der Waals surface area contributed by atoms with Crippen LogP contribution in [0, 0.1) is 5.92 Å². The van der Waals surface area contributed by atoms with Gasteiger partial charge in [0.25, 0.3) is 0 Å². The molecular weight excluding hydrogens is 243 g/mol. The molecule has 1 atom stereocenters. The summed E-state index contributed by atoms with van der Waals surface area (Å²) in [5.41, 5.74) is 1.000. The zero-order chi connectivity index (χ0) is 13.2. The van der Waals surface area contributed by atoms with E-state index in [2.05, 4.69) is 4.90 Å². The van der Waals surface area contributed by atoms with Gasteiger partial charge in [-0.3, -0.25) is 0 Å². The van der Waals surface area contributed by atoms with Gasteiger partial charge in [0.1, 0.15) is 5.75 Å². The number of fused-ring (bicyclic) bond motifs is 3. The fourth-order valence-electron chi connectivity index (χ4n) is 3.27. The van der Waals surface area contributed by atoms with E-state index >= 15 is 0 Å². The van der Waals surface area contributed by atoms with Crippen molar-refractivity contribution in [3.05, 3.63) is 29.8 Å². The molecule has 3 aliphatic rings. The highest BCUT2D eigenvalue weighted by molar-refractivity contribution is 5.27. The number of halogens is 1. The lowest BCUT2D eigenvalue weighted by atomic mass is 9.84. The van der Waals surface area contributed by atoms with Crippen molar-refractivity contribution >= 4 is 0 Å². The predicted octanol–water partition coefficient (Wildman–Crippen LogP) is 2.48. The molecule has 19 heavy (non-hydrogen) atoms. The van der Waals surface area contributed by atoms with Crippen LogP contribution in [0.15, 0.2) is 24.3 Å². The minimum Gasteiger partial charge on any atom is -0.497 e. The minimum absolute atomic E-state index is 0.0737. The van der Waals surface area contributed by atoms with Crippen molar-refractivity contribution < 1.29 is 9.22 Å². The molecule has 0 spiro atoms. The van der Waals surface area contributed by atoms with Crippen molar-refractivity contribution in [3.63, 3.8) is 0 Å². The van der Waals surface area contributed by atoms with Crippen LogP contribution in [0.3, 0.4) is 0 Å². The Morgan fingerprint density at radius 1 is 1.26 bits per heavy atom. The summed E-state index contributed by atoms with van der Waals surface area (Å²) in [4.78, 5) is 2.38. The van der Waals surface area contributed by atoms with Crippen molar-refractivity contribution in [2.75, 3.05) is 26.7 Å². The van der Waals surface area contributed by atoms with E-state index < -0.39 is 0 Å². The SMILES string of the molecule is COc1ccc(CN(F)C2CN3CCC2CC3)cc1. The van der Waals surface area contributed by atoms with Gasteiger partial charge in [-0.15, -0.1) is 9.60 Å². The van der Waals surface area contributed by atoms with Crippen LogP contribution in [0.1, 0.15) is 18.4 Å². The van der Waals surface area contributed by atoms with E-state index in [1.807, 2.05) is 24.3 Å². The first-order valence-electron chi connectivity index (χ1n) is 7.04. The van der Waals surface area contributed by atoms with Crippen molar-refractivity contribution in [3.8, 4) is 5.75 Å². The Kier molecular flexibility index (Phi) is 3.71. The largest absolute Gasteiger partial charge is 0.497 e. The first-order chi connectivity index (χ1) is 9.26. The van der Waals surface area contributed by atoms with Crippen LogP contribution in [0.2, 0.25) is 0 Å². The molecule has 4 heteroatoms. The average molecular weight is 264 g/mol. The van der Waals surface area contributed by atoms with Crippen LogP contribution in [-0.2, 0) is 6.54 Å². The topological polar surface area (TPSA) is 15.7 Å². The van der Waals surface area contributed by atoms with Gasteiger partial charge >= 0.3 is 0 Å². The Balaban J connectivity index is 1.62. The van der Waals surface area contributed by atoms with E-state index in [-0.39, 0.29) is 6.04 Å². The van der Waals surface area contributed by atoms with Gasteiger partial charge in [0.05, 0.1) is 19.7 Å². The summed E-state index contributed by atoms with van der Waals surface area (Å²) in [5.74, 6) is 1.35. The highest BCUT2D eigenvalue weighted by atomic mass is 19.2. The molecule has 3 fully saturated rings. The molecule has 0 aliphatic carbocycles. The highest BCUT2D eigenvalue weighted by Crippen LogP contribution is 2.31. The molecule has 0 aromatic heterocycles. The maximum absolute atomic E-state index is 14.4. The van der Waals surface area contributed by atoms with Crippen LogP contribution in [0.4, 0.5) is 4.48 Å². The lowest BCUT2D eigenvalue weighted by Gasteiger charge is -2.46. The van der Waals surface area contributed by atoms with E-state index in [0.717, 1.165) is 48.9 Å². The molecule has 104 valence electrons. The fourth-order valence-corrected chi connectivity index (χ4v) is 3.27. The number of rotatable bonds is 4. The van der Waals surface area contributed by atoms with Gasteiger partial charge in [-0.2, -0.15) is 0 Å². The van der Waals surface area contributed by atoms with E-state index in [1.54, 1.807) is 7.11 Å². The van der Waals surface area contributed by atoms with E-state index in [9.17, 15) is 4.48 Å². The molecule has 0 amide bonds. The molecule has 0 saturated carbocycles. The van der Waals surface area contributed by atoms with Crippen molar-refractivity contribution in [2.24, 2.45) is 5.92 Å². The minimum atomic E-state index is 0.0737. The second kappa shape index (κ2) is 5.47. The zero-order valence-corrected chi connectivity index (χ0v) is 11.4. The van der Waals surface area contributed by atoms with Gasteiger partial charge in [0.15, 0.2) is 0 Å². The van der Waals surface area contributed by atoms with Crippen LogP contribution in [0.25, 0.3) is 0 Å². The van der Waals surface area contributed by atoms with Crippen molar-refractivity contribution in [1.82, 2.24) is 10.0 Å². The summed E-state index contributed by atoms with van der Waals surface area (Å²) in [7, 11) is 1.64. The Hall–Kier alpha value is -1.13. The normalized spacial score (nSPS) is 29.7. The molecule has 0 radical (unpaired) electrons. The van der Waals surface area contributed by atoms with E-state index in [0.29, 0.717) is 12.5 Å². The molecule has 3 aliphatic heterocycles. The maximum atomic E-state index is 14.4. The number of ether oxygens (including phenoxy) is 1.